The van der Waals surface area contributed by atoms with Crippen LogP contribution in [0.1, 0.15) is 6.92 Å². The van der Waals surface area contributed by atoms with Crippen molar-refractivity contribution in [3.05, 3.63) is 46.5 Å². The second-order valence-corrected chi connectivity index (χ2v) is 3.18. The highest BCUT2D eigenvalue weighted by molar-refractivity contribution is 5.63. The lowest BCUT2D eigenvalue weighted by atomic mass is 10.2. The van der Waals surface area contributed by atoms with E-state index in [9.17, 15) is 18.9 Å². The van der Waals surface area contributed by atoms with E-state index >= 15 is 0 Å². The Morgan fingerprint density at radius 3 is 2.69 bits per heavy atom. The van der Waals surface area contributed by atoms with Crippen molar-refractivity contribution in [1.82, 2.24) is 0 Å². The summed E-state index contributed by atoms with van der Waals surface area (Å²) in [5, 5.41) is 13.1. The molecule has 1 rings (SSSR count). The molecule has 1 aromatic rings. The highest BCUT2D eigenvalue weighted by Gasteiger charge is 2.21. The van der Waals surface area contributed by atoms with Crippen molar-refractivity contribution in [2.75, 3.05) is 5.32 Å². The first-order valence-corrected chi connectivity index (χ1v) is 4.49. The molecule has 0 bridgehead atoms. The minimum Gasteiger partial charge on any atom is -0.371 e. The summed E-state index contributed by atoms with van der Waals surface area (Å²) in [4.78, 5) is 9.83. The van der Waals surface area contributed by atoms with E-state index in [1.165, 1.54) is 6.08 Å². The van der Waals surface area contributed by atoms with Crippen LogP contribution < -0.4 is 5.32 Å². The Morgan fingerprint density at radius 2 is 2.19 bits per heavy atom. The number of nitro groups is 1. The lowest BCUT2D eigenvalue weighted by Crippen LogP contribution is -2.14. The molecule has 86 valence electrons. The average molecular weight is 228 g/mol. The Bertz CT molecular complexity index is 435. The SMILES string of the molecule is C=CC(C)Nc1c([N+](=O)[O-])ccc(F)c1F. The molecule has 0 saturated carbocycles. The number of nitrogens with zero attached hydrogens (tertiary/aromatic N) is 1. The molecule has 0 amide bonds. The van der Waals surface area contributed by atoms with Gasteiger partial charge in [0.1, 0.15) is 0 Å². The highest BCUT2D eigenvalue weighted by atomic mass is 19.2. The number of hydrogen-bond donors (Lipinski definition) is 1. The standard InChI is InChI=1S/C10H10F2N2O2/c1-3-6(2)13-10-8(14(15)16)5-4-7(11)9(10)12/h3-6,13H,1H2,2H3. The van der Waals surface area contributed by atoms with Crippen molar-refractivity contribution in [2.45, 2.75) is 13.0 Å². The number of halogens is 2. The maximum Gasteiger partial charge on any atom is 0.295 e. The van der Waals surface area contributed by atoms with Crippen molar-refractivity contribution in [2.24, 2.45) is 0 Å². The van der Waals surface area contributed by atoms with Gasteiger partial charge in [-0.1, -0.05) is 6.08 Å². The zero-order valence-electron chi connectivity index (χ0n) is 8.54. The van der Waals surface area contributed by atoms with E-state index in [1.54, 1.807) is 6.92 Å². The van der Waals surface area contributed by atoms with E-state index in [1.807, 2.05) is 0 Å². The summed E-state index contributed by atoms with van der Waals surface area (Å²) in [6, 6.07) is 1.23. The fraction of sp³-hybridized carbons (Fsp3) is 0.200. The van der Waals surface area contributed by atoms with Crippen molar-refractivity contribution in [1.29, 1.82) is 0 Å². The molecule has 1 unspecified atom stereocenters. The molecule has 1 atom stereocenters. The lowest BCUT2D eigenvalue weighted by molar-refractivity contribution is -0.384. The van der Waals surface area contributed by atoms with E-state index in [0.29, 0.717) is 0 Å². The van der Waals surface area contributed by atoms with Crippen LogP contribution in [-0.4, -0.2) is 11.0 Å². The lowest BCUT2D eigenvalue weighted by Gasteiger charge is -2.11. The van der Waals surface area contributed by atoms with Crippen LogP contribution in [0.15, 0.2) is 24.8 Å². The monoisotopic (exact) mass is 228 g/mol. The van der Waals surface area contributed by atoms with Gasteiger partial charge in [0, 0.05) is 12.1 Å². The van der Waals surface area contributed by atoms with Crippen molar-refractivity contribution in [3.63, 3.8) is 0 Å². The molecule has 16 heavy (non-hydrogen) atoms. The Morgan fingerprint density at radius 1 is 1.56 bits per heavy atom. The van der Waals surface area contributed by atoms with E-state index in [4.69, 9.17) is 0 Å². The molecule has 0 aliphatic rings. The number of nitro benzene ring substituents is 1. The van der Waals surface area contributed by atoms with Crippen LogP contribution in [0, 0.1) is 21.7 Å². The Hall–Kier alpha value is -1.98. The van der Waals surface area contributed by atoms with Gasteiger partial charge in [-0.3, -0.25) is 10.1 Å². The van der Waals surface area contributed by atoms with E-state index in [0.717, 1.165) is 12.1 Å². The molecule has 0 radical (unpaired) electrons. The van der Waals surface area contributed by atoms with Crippen LogP contribution in [-0.2, 0) is 0 Å². The van der Waals surface area contributed by atoms with E-state index < -0.39 is 34.0 Å². The molecule has 0 aliphatic heterocycles. The number of rotatable bonds is 4. The van der Waals surface area contributed by atoms with Gasteiger partial charge < -0.3 is 5.32 Å². The van der Waals surface area contributed by atoms with Crippen molar-refractivity contribution >= 4 is 11.4 Å². The third-order valence-electron chi connectivity index (χ3n) is 2.00. The summed E-state index contributed by atoms with van der Waals surface area (Å²) in [5.74, 6) is -2.40. The summed E-state index contributed by atoms with van der Waals surface area (Å²) in [6.07, 6.45) is 1.42. The van der Waals surface area contributed by atoms with E-state index in [-0.39, 0.29) is 0 Å². The van der Waals surface area contributed by atoms with Crippen LogP contribution in [0.4, 0.5) is 20.2 Å². The second kappa shape index (κ2) is 4.69. The zero-order chi connectivity index (χ0) is 12.3. The van der Waals surface area contributed by atoms with Gasteiger partial charge in [0.05, 0.1) is 4.92 Å². The predicted octanol–water partition coefficient (Wildman–Crippen LogP) is 2.86. The third-order valence-corrected chi connectivity index (χ3v) is 2.00. The average Bonchev–Trinajstić information content (AvgIpc) is 2.24. The smallest absolute Gasteiger partial charge is 0.295 e. The molecule has 0 heterocycles. The Labute approximate surface area is 90.7 Å². The molecule has 0 aromatic heterocycles. The number of anilines is 1. The van der Waals surface area contributed by atoms with Crippen molar-refractivity contribution < 1.29 is 13.7 Å². The first-order chi connectivity index (χ1) is 7.47. The van der Waals surface area contributed by atoms with Gasteiger partial charge in [-0.25, -0.2) is 8.78 Å². The van der Waals surface area contributed by atoms with Gasteiger partial charge >= 0.3 is 0 Å². The maximum absolute atomic E-state index is 13.3. The summed E-state index contributed by atoms with van der Waals surface area (Å²) < 4.78 is 26.3. The Kier molecular flexibility index (Phi) is 3.55. The molecule has 0 saturated heterocycles. The summed E-state index contributed by atoms with van der Waals surface area (Å²) in [6.45, 7) is 5.05. The first kappa shape index (κ1) is 12.1. The number of benzene rings is 1. The largest absolute Gasteiger partial charge is 0.371 e. The summed E-state index contributed by atoms with van der Waals surface area (Å²) >= 11 is 0. The molecular formula is C10H10F2N2O2. The van der Waals surface area contributed by atoms with E-state index in [2.05, 4.69) is 11.9 Å². The zero-order valence-corrected chi connectivity index (χ0v) is 8.54. The quantitative estimate of drug-likeness (QED) is 0.489. The first-order valence-electron chi connectivity index (χ1n) is 4.49. The normalized spacial score (nSPS) is 11.9. The van der Waals surface area contributed by atoms with Gasteiger partial charge in [0.2, 0.25) is 0 Å². The highest BCUT2D eigenvalue weighted by Crippen LogP contribution is 2.29. The van der Waals surface area contributed by atoms with Gasteiger partial charge in [-0.15, -0.1) is 6.58 Å². The van der Waals surface area contributed by atoms with Gasteiger partial charge in [-0.05, 0) is 13.0 Å². The third kappa shape index (κ3) is 2.33. The molecule has 6 heteroatoms. The molecule has 4 nitrogen and oxygen atoms in total. The minimum absolute atomic E-state index is 0.407. The van der Waals surface area contributed by atoms with Gasteiger partial charge in [-0.2, -0.15) is 0 Å². The predicted molar refractivity (Wildman–Crippen MR) is 56.3 cm³/mol. The molecule has 0 aliphatic carbocycles. The van der Waals surface area contributed by atoms with Crippen LogP contribution in [0.3, 0.4) is 0 Å². The molecule has 1 aromatic carbocycles. The topological polar surface area (TPSA) is 55.2 Å². The fourth-order valence-electron chi connectivity index (χ4n) is 1.12. The summed E-state index contributed by atoms with van der Waals surface area (Å²) in [5.41, 5.74) is -0.968. The van der Waals surface area contributed by atoms with Crippen LogP contribution in [0.5, 0.6) is 0 Å². The van der Waals surface area contributed by atoms with Crippen LogP contribution in [0.25, 0.3) is 0 Å². The van der Waals surface area contributed by atoms with Crippen molar-refractivity contribution in [3.8, 4) is 0 Å². The second-order valence-electron chi connectivity index (χ2n) is 3.18. The van der Waals surface area contributed by atoms with Crippen LogP contribution >= 0.6 is 0 Å². The maximum atomic E-state index is 13.3. The van der Waals surface area contributed by atoms with Gasteiger partial charge in [0.15, 0.2) is 17.3 Å². The molecule has 1 N–H and O–H groups in total. The molecule has 0 spiro atoms. The fourth-order valence-corrected chi connectivity index (χ4v) is 1.12. The van der Waals surface area contributed by atoms with Crippen LogP contribution in [0.2, 0.25) is 0 Å². The number of nitrogens with one attached hydrogen (secondary N) is 1. The Balaban J connectivity index is 3.25. The minimum atomic E-state index is -1.26. The molecule has 0 fully saturated rings. The summed E-state index contributed by atoms with van der Waals surface area (Å²) in [7, 11) is 0. The molecular weight excluding hydrogens is 218 g/mol. The number of hydrogen-bond acceptors (Lipinski definition) is 3. The van der Waals surface area contributed by atoms with Gasteiger partial charge in [0.25, 0.3) is 5.69 Å².